The van der Waals surface area contributed by atoms with E-state index in [9.17, 15) is 4.39 Å². The van der Waals surface area contributed by atoms with Crippen LogP contribution in [-0.2, 0) is 6.42 Å². The van der Waals surface area contributed by atoms with Gasteiger partial charge in [0, 0.05) is 24.0 Å². The van der Waals surface area contributed by atoms with Gasteiger partial charge in [0.1, 0.15) is 5.82 Å². The second-order valence-corrected chi connectivity index (χ2v) is 4.33. The van der Waals surface area contributed by atoms with Crippen LogP contribution in [0.15, 0.2) is 29.0 Å². The standard InChI is InChI=1S/C12H13ClFN3O/c1-8(10-3-2-9(14)6-11(10)13)15-5-4-12-16-7-17-18-12/h2-3,6-8,15H,4-5H2,1H3. The Morgan fingerprint density at radius 2 is 2.33 bits per heavy atom. The highest BCUT2D eigenvalue weighted by Gasteiger charge is 2.10. The Kier molecular flexibility index (Phi) is 4.28. The zero-order valence-corrected chi connectivity index (χ0v) is 10.6. The second kappa shape index (κ2) is 5.93. The van der Waals surface area contributed by atoms with E-state index in [-0.39, 0.29) is 11.9 Å². The average Bonchev–Trinajstić information content (AvgIpc) is 2.81. The molecule has 0 bridgehead atoms. The van der Waals surface area contributed by atoms with E-state index >= 15 is 0 Å². The lowest BCUT2D eigenvalue weighted by atomic mass is 10.1. The molecule has 1 atom stereocenters. The quantitative estimate of drug-likeness (QED) is 0.907. The normalized spacial score (nSPS) is 12.6. The van der Waals surface area contributed by atoms with Crippen LogP contribution < -0.4 is 5.32 Å². The van der Waals surface area contributed by atoms with Gasteiger partial charge in [0.25, 0.3) is 0 Å². The molecule has 0 saturated carbocycles. The first-order chi connectivity index (χ1) is 8.66. The molecule has 6 heteroatoms. The molecule has 0 fully saturated rings. The van der Waals surface area contributed by atoms with Crippen molar-refractivity contribution in [2.75, 3.05) is 6.54 Å². The predicted molar refractivity (Wildman–Crippen MR) is 65.8 cm³/mol. The number of nitrogens with zero attached hydrogens (tertiary/aromatic N) is 2. The third-order valence-corrected chi connectivity index (χ3v) is 2.95. The van der Waals surface area contributed by atoms with E-state index in [4.69, 9.17) is 16.1 Å². The third-order valence-electron chi connectivity index (χ3n) is 2.63. The van der Waals surface area contributed by atoms with Gasteiger partial charge in [0.2, 0.25) is 5.89 Å². The van der Waals surface area contributed by atoms with Gasteiger partial charge >= 0.3 is 0 Å². The molecule has 0 aliphatic carbocycles. The van der Waals surface area contributed by atoms with Crippen molar-refractivity contribution in [2.45, 2.75) is 19.4 Å². The first-order valence-corrected chi connectivity index (χ1v) is 5.98. The monoisotopic (exact) mass is 269 g/mol. The van der Waals surface area contributed by atoms with Gasteiger partial charge in [-0.3, -0.25) is 0 Å². The number of hydrogen-bond donors (Lipinski definition) is 1. The molecule has 0 aliphatic heterocycles. The van der Waals surface area contributed by atoms with Crippen LogP contribution in [0.1, 0.15) is 24.4 Å². The van der Waals surface area contributed by atoms with Gasteiger partial charge in [-0.1, -0.05) is 22.8 Å². The highest BCUT2D eigenvalue weighted by Crippen LogP contribution is 2.23. The first-order valence-electron chi connectivity index (χ1n) is 5.60. The first kappa shape index (κ1) is 13.0. The molecule has 1 unspecified atom stereocenters. The Morgan fingerprint density at radius 1 is 1.50 bits per heavy atom. The Labute approximate surface area is 109 Å². The molecule has 96 valence electrons. The maximum Gasteiger partial charge on any atom is 0.227 e. The summed E-state index contributed by atoms with van der Waals surface area (Å²) in [5.74, 6) is 0.252. The molecular formula is C12H13ClFN3O. The van der Waals surface area contributed by atoms with Crippen LogP contribution in [0, 0.1) is 5.82 Å². The lowest BCUT2D eigenvalue weighted by Gasteiger charge is -2.15. The predicted octanol–water partition coefficient (Wildman–Crippen LogP) is 2.76. The number of hydrogen-bond acceptors (Lipinski definition) is 4. The number of benzene rings is 1. The zero-order chi connectivity index (χ0) is 13.0. The molecule has 0 radical (unpaired) electrons. The van der Waals surface area contributed by atoms with Gasteiger partial charge < -0.3 is 9.84 Å². The van der Waals surface area contributed by atoms with Gasteiger partial charge in [-0.2, -0.15) is 4.98 Å². The summed E-state index contributed by atoms with van der Waals surface area (Å²) in [5.41, 5.74) is 0.864. The van der Waals surface area contributed by atoms with Crippen LogP contribution in [0.3, 0.4) is 0 Å². The van der Waals surface area contributed by atoms with Gasteiger partial charge in [-0.15, -0.1) is 0 Å². The fraction of sp³-hybridized carbons (Fsp3) is 0.333. The molecule has 0 saturated heterocycles. The third kappa shape index (κ3) is 3.27. The van der Waals surface area contributed by atoms with Crippen molar-refractivity contribution < 1.29 is 8.91 Å². The van der Waals surface area contributed by atoms with E-state index in [2.05, 4.69) is 15.5 Å². The molecule has 1 N–H and O–H groups in total. The van der Waals surface area contributed by atoms with Crippen LogP contribution >= 0.6 is 11.6 Å². The molecular weight excluding hydrogens is 257 g/mol. The molecule has 1 aromatic carbocycles. The van der Waals surface area contributed by atoms with Gasteiger partial charge in [0.15, 0.2) is 6.33 Å². The summed E-state index contributed by atoms with van der Waals surface area (Å²) in [6.07, 6.45) is 2.01. The SMILES string of the molecule is CC(NCCc1ncno1)c1ccc(F)cc1Cl. The number of aromatic nitrogens is 2. The Hall–Kier alpha value is -1.46. The van der Waals surface area contributed by atoms with Crippen LogP contribution in [-0.4, -0.2) is 16.7 Å². The van der Waals surface area contributed by atoms with E-state index in [1.165, 1.54) is 18.5 Å². The Bertz CT molecular complexity index is 504. The van der Waals surface area contributed by atoms with Crippen molar-refractivity contribution in [3.8, 4) is 0 Å². The largest absolute Gasteiger partial charge is 0.340 e. The van der Waals surface area contributed by atoms with E-state index in [0.717, 1.165) is 5.56 Å². The maximum atomic E-state index is 12.9. The van der Waals surface area contributed by atoms with Crippen molar-refractivity contribution in [2.24, 2.45) is 0 Å². The number of rotatable bonds is 5. The van der Waals surface area contributed by atoms with Crippen molar-refractivity contribution in [3.63, 3.8) is 0 Å². The second-order valence-electron chi connectivity index (χ2n) is 3.93. The molecule has 1 aromatic heterocycles. The lowest BCUT2D eigenvalue weighted by Crippen LogP contribution is -2.21. The average molecular weight is 270 g/mol. The van der Waals surface area contributed by atoms with E-state index < -0.39 is 0 Å². The van der Waals surface area contributed by atoms with E-state index in [1.54, 1.807) is 6.07 Å². The molecule has 2 aromatic rings. The van der Waals surface area contributed by atoms with Crippen LogP contribution in [0.2, 0.25) is 5.02 Å². The Balaban J connectivity index is 1.89. The molecule has 0 amide bonds. The highest BCUT2D eigenvalue weighted by molar-refractivity contribution is 6.31. The summed E-state index contributed by atoms with van der Waals surface area (Å²) in [6.45, 7) is 2.64. The highest BCUT2D eigenvalue weighted by atomic mass is 35.5. The minimum absolute atomic E-state index is 0.0287. The van der Waals surface area contributed by atoms with Crippen molar-refractivity contribution >= 4 is 11.6 Å². The topological polar surface area (TPSA) is 51.0 Å². The van der Waals surface area contributed by atoms with Gasteiger partial charge in [0.05, 0.1) is 0 Å². The summed E-state index contributed by atoms with van der Waals surface area (Å²) < 4.78 is 17.8. The fourth-order valence-corrected chi connectivity index (χ4v) is 2.00. The van der Waals surface area contributed by atoms with Crippen LogP contribution in [0.25, 0.3) is 0 Å². The van der Waals surface area contributed by atoms with Crippen molar-refractivity contribution in [3.05, 3.63) is 46.8 Å². The van der Waals surface area contributed by atoms with Crippen molar-refractivity contribution in [1.29, 1.82) is 0 Å². The zero-order valence-electron chi connectivity index (χ0n) is 9.86. The molecule has 1 heterocycles. The maximum absolute atomic E-state index is 12.9. The molecule has 0 aliphatic rings. The number of nitrogens with one attached hydrogen (secondary N) is 1. The van der Waals surface area contributed by atoms with Gasteiger partial charge in [-0.05, 0) is 24.6 Å². The summed E-state index contributed by atoms with van der Waals surface area (Å²) in [7, 11) is 0. The van der Waals surface area contributed by atoms with E-state index in [0.29, 0.717) is 23.9 Å². The molecule has 4 nitrogen and oxygen atoms in total. The Morgan fingerprint density at radius 3 is 3.00 bits per heavy atom. The minimum Gasteiger partial charge on any atom is -0.340 e. The summed E-state index contributed by atoms with van der Waals surface area (Å²) >= 11 is 5.98. The fourth-order valence-electron chi connectivity index (χ4n) is 1.66. The molecule has 2 rings (SSSR count). The van der Waals surface area contributed by atoms with Gasteiger partial charge in [-0.25, -0.2) is 4.39 Å². The smallest absolute Gasteiger partial charge is 0.227 e. The van der Waals surface area contributed by atoms with Crippen molar-refractivity contribution in [1.82, 2.24) is 15.5 Å². The molecule has 0 spiro atoms. The summed E-state index contributed by atoms with van der Waals surface area (Å²) in [5, 5.41) is 7.21. The van der Waals surface area contributed by atoms with E-state index in [1.807, 2.05) is 6.92 Å². The number of halogens is 2. The summed E-state index contributed by atoms with van der Waals surface area (Å²) in [6, 6.07) is 4.42. The molecule has 18 heavy (non-hydrogen) atoms. The van der Waals surface area contributed by atoms with Crippen LogP contribution in [0.5, 0.6) is 0 Å². The van der Waals surface area contributed by atoms with Crippen LogP contribution in [0.4, 0.5) is 4.39 Å². The summed E-state index contributed by atoms with van der Waals surface area (Å²) in [4.78, 5) is 3.92. The lowest BCUT2D eigenvalue weighted by molar-refractivity contribution is 0.372. The minimum atomic E-state index is -0.332.